The van der Waals surface area contributed by atoms with Crippen molar-refractivity contribution in [2.75, 3.05) is 26.2 Å². The van der Waals surface area contributed by atoms with Crippen LogP contribution < -0.4 is 0 Å². The van der Waals surface area contributed by atoms with Crippen LogP contribution in [0.3, 0.4) is 0 Å². The number of halogens is 1. The van der Waals surface area contributed by atoms with Crippen molar-refractivity contribution in [1.29, 1.82) is 0 Å². The van der Waals surface area contributed by atoms with E-state index < -0.39 is 0 Å². The lowest BCUT2D eigenvalue weighted by Gasteiger charge is -2.24. The molecule has 0 aromatic carbocycles. The van der Waals surface area contributed by atoms with Gasteiger partial charge in [-0.2, -0.15) is 5.10 Å². The molecule has 7 heteroatoms. The molecule has 1 atom stereocenters. The van der Waals surface area contributed by atoms with Crippen molar-refractivity contribution in [3.63, 3.8) is 0 Å². The van der Waals surface area contributed by atoms with Crippen LogP contribution in [0, 0.1) is 12.8 Å². The highest BCUT2D eigenvalue weighted by Gasteiger charge is 2.24. The van der Waals surface area contributed by atoms with E-state index >= 15 is 0 Å². The van der Waals surface area contributed by atoms with E-state index in [4.69, 9.17) is 11.6 Å². The van der Waals surface area contributed by atoms with Crippen molar-refractivity contribution in [3.8, 4) is 0 Å². The quantitative estimate of drug-likeness (QED) is 0.806. The fraction of sp³-hybridized carbons (Fsp3) is 0.526. The molecule has 0 aliphatic carbocycles. The third-order valence-corrected chi connectivity index (χ3v) is 4.91. The van der Waals surface area contributed by atoms with E-state index in [2.05, 4.69) is 27.1 Å². The molecule has 0 bridgehead atoms. The lowest BCUT2D eigenvalue weighted by atomic mass is 10.1. The van der Waals surface area contributed by atoms with E-state index in [0.29, 0.717) is 11.6 Å². The average Bonchev–Trinajstić information content (AvgIpc) is 2.87. The summed E-state index contributed by atoms with van der Waals surface area (Å²) in [4.78, 5) is 21.7. The Labute approximate surface area is 159 Å². The molecule has 2 aromatic rings. The van der Waals surface area contributed by atoms with Gasteiger partial charge >= 0.3 is 0 Å². The normalized spacial score (nSPS) is 17.1. The highest BCUT2D eigenvalue weighted by atomic mass is 35.5. The van der Waals surface area contributed by atoms with E-state index in [1.165, 1.54) is 0 Å². The number of aromatic nitrogens is 3. The Morgan fingerprint density at radius 1 is 1.27 bits per heavy atom. The van der Waals surface area contributed by atoms with Crippen molar-refractivity contribution < 1.29 is 4.79 Å². The van der Waals surface area contributed by atoms with Gasteiger partial charge in [-0.1, -0.05) is 24.6 Å². The van der Waals surface area contributed by atoms with Crippen LogP contribution in [0.1, 0.15) is 24.7 Å². The van der Waals surface area contributed by atoms with Crippen molar-refractivity contribution in [2.24, 2.45) is 5.92 Å². The Balaban J connectivity index is 1.53. The third-order valence-electron chi connectivity index (χ3n) is 4.72. The summed E-state index contributed by atoms with van der Waals surface area (Å²) in [6.45, 7) is 8.79. The van der Waals surface area contributed by atoms with Crippen molar-refractivity contribution >= 4 is 17.5 Å². The van der Waals surface area contributed by atoms with Crippen LogP contribution in [-0.2, 0) is 17.9 Å². The first-order valence-corrected chi connectivity index (χ1v) is 9.50. The second-order valence-electron chi connectivity index (χ2n) is 7.01. The van der Waals surface area contributed by atoms with Gasteiger partial charge in [0.2, 0.25) is 5.91 Å². The number of carbonyl (C=O) groups is 1. The van der Waals surface area contributed by atoms with E-state index in [-0.39, 0.29) is 11.8 Å². The second kappa shape index (κ2) is 8.64. The van der Waals surface area contributed by atoms with Gasteiger partial charge < -0.3 is 4.90 Å². The van der Waals surface area contributed by atoms with Crippen LogP contribution >= 0.6 is 11.6 Å². The van der Waals surface area contributed by atoms with Gasteiger partial charge in [-0.15, -0.1) is 0 Å². The number of rotatable bonds is 5. The summed E-state index contributed by atoms with van der Waals surface area (Å²) < 4.78 is 1.73. The number of hydrogen-bond donors (Lipinski definition) is 0. The first-order valence-electron chi connectivity index (χ1n) is 9.13. The fourth-order valence-electron chi connectivity index (χ4n) is 3.37. The molecule has 0 unspecified atom stereocenters. The summed E-state index contributed by atoms with van der Waals surface area (Å²) in [5.41, 5.74) is 2.13. The maximum Gasteiger partial charge on any atom is 0.227 e. The highest BCUT2D eigenvalue weighted by Crippen LogP contribution is 2.13. The van der Waals surface area contributed by atoms with E-state index in [1.54, 1.807) is 17.1 Å². The molecule has 1 amide bonds. The third kappa shape index (κ3) is 5.05. The zero-order valence-electron chi connectivity index (χ0n) is 15.4. The predicted molar refractivity (Wildman–Crippen MR) is 102 cm³/mol. The van der Waals surface area contributed by atoms with Crippen LogP contribution in [0.4, 0.5) is 0 Å². The Kier molecular flexibility index (Phi) is 6.27. The lowest BCUT2D eigenvalue weighted by molar-refractivity contribution is -0.135. The Bertz CT molecular complexity index is 747. The molecular weight excluding hydrogens is 350 g/mol. The highest BCUT2D eigenvalue weighted by molar-refractivity contribution is 6.30. The van der Waals surface area contributed by atoms with Crippen LogP contribution in [0.15, 0.2) is 30.6 Å². The largest absolute Gasteiger partial charge is 0.341 e. The summed E-state index contributed by atoms with van der Waals surface area (Å²) >= 11 is 5.90. The summed E-state index contributed by atoms with van der Waals surface area (Å²) in [7, 11) is 0. The van der Waals surface area contributed by atoms with Gasteiger partial charge in [-0.3, -0.25) is 19.4 Å². The zero-order valence-corrected chi connectivity index (χ0v) is 16.2. The van der Waals surface area contributed by atoms with Crippen LogP contribution in [0.5, 0.6) is 0 Å². The summed E-state index contributed by atoms with van der Waals surface area (Å²) in [5.74, 6) is 0.0723. The molecule has 3 rings (SSSR count). The first-order chi connectivity index (χ1) is 12.5. The van der Waals surface area contributed by atoms with Gasteiger partial charge in [0.15, 0.2) is 0 Å². The van der Waals surface area contributed by atoms with E-state index in [1.807, 2.05) is 24.8 Å². The minimum absolute atomic E-state index is 0.115. The molecule has 6 nitrogen and oxygen atoms in total. The molecule has 140 valence electrons. The van der Waals surface area contributed by atoms with Gasteiger partial charge in [0.25, 0.3) is 0 Å². The van der Waals surface area contributed by atoms with Gasteiger partial charge in [-0.05, 0) is 25.5 Å². The topological polar surface area (TPSA) is 54.3 Å². The average molecular weight is 376 g/mol. The zero-order chi connectivity index (χ0) is 18.5. The van der Waals surface area contributed by atoms with Crippen LogP contribution in [0.25, 0.3) is 0 Å². The SMILES string of the molecule is Cc1cccc(CN2CCCN(C(=O)[C@H](C)Cn3cc(Cl)cn3)CC2)n1. The minimum atomic E-state index is -0.115. The molecular formula is C19H26ClN5O. The minimum Gasteiger partial charge on any atom is -0.341 e. The Hall–Kier alpha value is -1.92. The molecule has 0 saturated carbocycles. The maximum atomic E-state index is 12.8. The van der Waals surface area contributed by atoms with Crippen LogP contribution in [-0.4, -0.2) is 56.7 Å². The molecule has 3 heterocycles. The van der Waals surface area contributed by atoms with E-state index in [0.717, 1.165) is 50.5 Å². The number of aryl methyl sites for hydroxylation is 1. The molecule has 26 heavy (non-hydrogen) atoms. The molecule has 1 saturated heterocycles. The molecule has 0 N–H and O–H groups in total. The molecule has 1 fully saturated rings. The predicted octanol–water partition coefficient (Wildman–Crippen LogP) is 2.61. The number of carbonyl (C=O) groups excluding carboxylic acids is 1. The summed E-state index contributed by atoms with van der Waals surface area (Å²) in [6.07, 6.45) is 4.34. The lowest BCUT2D eigenvalue weighted by Crippen LogP contribution is -2.39. The standard InChI is InChI=1S/C19H26ClN5O/c1-15(12-25-13-17(20)11-21-25)19(26)24-8-4-7-23(9-10-24)14-18-6-3-5-16(2)22-18/h3,5-6,11,13,15H,4,7-10,12,14H2,1-2H3/t15-/m1/s1. The maximum absolute atomic E-state index is 12.8. The Morgan fingerprint density at radius 2 is 2.12 bits per heavy atom. The van der Waals surface area contributed by atoms with E-state index in [9.17, 15) is 4.79 Å². The van der Waals surface area contributed by atoms with Crippen molar-refractivity contribution in [3.05, 3.63) is 47.0 Å². The molecule has 2 aromatic heterocycles. The van der Waals surface area contributed by atoms with Gasteiger partial charge in [0, 0.05) is 44.6 Å². The first kappa shape index (κ1) is 18.9. The monoisotopic (exact) mass is 375 g/mol. The summed E-state index contributed by atoms with van der Waals surface area (Å²) in [6, 6.07) is 6.13. The smallest absolute Gasteiger partial charge is 0.227 e. The van der Waals surface area contributed by atoms with Gasteiger partial charge in [0.1, 0.15) is 0 Å². The number of pyridine rings is 1. The molecule has 0 radical (unpaired) electrons. The van der Waals surface area contributed by atoms with Gasteiger partial charge in [-0.25, -0.2) is 0 Å². The molecule has 1 aliphatic heterocycles. The number of hydrogen-bond acceptors (Lipinski definition) is 4. The number of nitrogens with zero attached hydrogens (tertiary/aromatic N) is 5. The molecule has 0 spiro atoms. The van der Waals surface area contributed by atoms with Crippen LogP contribution in [0.2, 0.25) is 5.02 Å². The number of amides is 1. The molecule has 1 aliphatic rings. The summed E-state index contributed by atoms with van der Waals surface area (Å²) in [5, 5.41) is 4.76. The van der Waals surface area contributed by atoms with Crippen molar-refractivity contribution in [1.82, 2.24) is 24.6 Å². The van der Waals surface area contributed by atoms with Gasteiger partial charge in [0.05, 0.1) is 29.4 Å². The Morgan fingerprint density at radius 3 is 2.85 bits per heavy atom. The fourth-order valence-corrected chi connectivity index (χ4v) is 3.53. The second-order valence-corrected chi connectivity index (χ2v) is 7.44. The van der Waals surface area contributed by atoms with Crippen molar-refractivity contribution in [2.45, 2.75) is 33.4 Å².